The number of H-pyrrole nitrogens is 1. The molecule has 2 N–H and O–H groups in total. The van der Waals surface area contributed by atoms with Crippen molar-refractivity contribution >= 4 is 28.2 Å². The number of ether oxygens (including phenoxy) is 2. The minimum atomic E-state index is -0.151. The fraction of sp³-hybridized carbons (Fsp3) is 0.250. The summed E-state index contributed by atoms with van der Waals surface area (Å²) in [7, 11) is 0. The van der Waals surface area contributed by atoms with Crippen molar-refractivity contribution < 1.29 is 9.47 Å². The lowest BCUT2D eigenvalue weighted by Crippen LogP contribution is -2.39. The lowest BCUT2D eigenvalue weighted by Gasteiger charge is -2.25. The number of thiocarbonyl (C=S) groups is 1. The zero-order valence-electron chi connectivity index (χ0n) is 15.4. The summed E-state index contributed by atoms with van der Waals surface area (Å²) in [6, 6.07) is 9.42. The third kappa shape index (κ3) is 3.77. The molecule has 28 heavy (non-hydrogen) atoms. The monoisotopic (exact) mass is 396 g/mol. The molecule has 0 amide bonds. The fourth-order valence-corrected chi connectivity index (χ4v) is 3.41. The molecule has 0 fully saturated rings. The molecule has 3 aromatic rings. The summed E-state index contributed by atoms with van der Waals surface area (Å²) >= 11 is 5.52. The van der Waals surface area contributed by atoms with Gasteiger partial charge in [-0.3, -0.25) is 9.78 Å². The molecule has 0 unspecified atom stereocenters. The summed E-state index contributed by atoms with van der Waals surface area (Å²) in [5.74, 6) is 1.32. The van der Waals surface area contributed by atoms with Gasteiger partial charge in [0.25, 0.3) is 5.56 Å². The first-order valence-corrected chi connectivity index (χ1v) is 9.42. The second-order valence-corrected chi connectivity index (χ2v) is 6.86. The number of aromatic nitrogens is 2. The molecule has 0 atom stereocenters. The number of rotatable bonds is 5. The van der Waals surface area contributed by atoms with Gasteiger partial charge in [0.2, 0.25) is 6.79 Å². The standard InChI is InChI=1S/C20H20N4O3S/c1-2-22-20(28)24(10-13-4-3-5-21-9-13)11-15-6-14-7-17-18(27-12-26-17)8-16(14)23-19(15)25/h3-9H,2,10-12H2,1H3,(H,22,28)(H,23,25). The number of hydrogen-bond donors (Lipinski definition) is 2. The van der Waals surface area contributed by atoms with E-state index in [1.165, 1.54) is 0 Å². The lowest BCUT2D eigenvalue weighted by molar-refractivity contribution is 0.174. The van der Waals surface area contributed by atoms with Crippen molar-refractivity contribution in [3.63, 3.8) is 0 Å². The maximum atomic E-state index is 12.7. The third-order valence-electron chi connectivity index (χ3n) is 4.49. The number of nitrogens with one attached hydrogen (secondary N) is 2. The van der Waals surface area contributed by atoms with Crippen LogP contribution in [0.3, 0.4) is 0 Å². The van der Waals surface area contributed by atoms with Crippen LogP contribution in [0.4, 0.5) is 0 Å². The zero-order valence-corrected chi connectivity index (χ0v) is 16.2. The van der Waals surface area contributed by atoms with Crippen molar-refractivity contribution in [2.45, 2.75) is 20.0 Å². The molecule has 1 aromatic carbocycles. The van der Waals surface area contributed by atoms with E-state index in [0.29, 0.717) is 47.3 Å². The fourth-order valence-electron chi connectivity index (χ4n) is 3.14. The van der Waals surface area contributed by atoms with Crippen LogP contribution in [0.1, 0.15) is 18.1 Å². The Kier molecular flexibility index (Phi) is 5.12. The molecule has 0 bridgehead atoms. The van der Waals surface area contributed by atoms with E-state index in [-0.39, 0.29) is 12.4 Å². The molecule has 0 radical (unpaired) electrons. The van der Waals surface area contributed by atoms with E-state index in [2.05, 4.69) is 15.3 Å². The van der Waals surface area contributed by atoms with Crippen LogP contribution in [-0.4, -0.2) is 33.3 Å². The van der Waals surface area contributed by atoms with Gasteiger partial charge >= 0.3 is 0 Å². The highest BCUT2D eigenvalue weighted by atomic mass is 32.1. The Hall–Kier alpha value is -3.13. The van der Waals surface area contributed by atoms with E-state index in [1.807, 2.05) is 36.1 Å². The average Bonchev–Trinajstić information content (AvgIpc) is 3.14. The lowest BCUT2D eigenvalue weighted by atomic mass is 10.1. The van der Waals surface area contributed by atoms with Crippen LogP contribution in [-0.2, 0) is 13.1 Å². The van der Waals surface area contributed by atoms with Gasteiger partial charge in [-0.2, -0.15) is 0 Å². The Morgan fingerprint density at radius 1 is 1.29 bits per heavy atom. The average molecular weight is 396 g/mol. The summed E-state index contributed by atoms with van der Waals surface area (Å²) in [4.78, 5) is 21.7. The molecular weight excluding hydrogens is 376 g/mol. The van der Waals surface area contributed by atoms with Crippen LogP contribution in [0, 0.1) is 0 Å². The number of hydrogen-bond acceptors (Lipinski definition) is 5. The summed E-state index contributed by atoms with van der Waals surface area (Å²) in [5.41, 5.74) is 2.20. The molecule has 0 aliphatic carbocycles. The van der Waals surface area contributed by atoms with Crippen LogP contribution in [0.5, 0.6) is 11.5 Å². The minimum absolute atomic E-state index is 0.151. The first-order valence-electron chi connectivity index (χ1n) is 9.01. The molecule has 8 heteroatoms. The van der Waals surface area contributed by atoms with Crippen molar-refractivity contribution in [3.05, 3.63) is 64.2 Å². The Balaban J connectivity index is 1.66. The number of nitrogens with zero attached hydrogens (tertiary/aromatic N) is 2. The Bertz CT molecular complexity index is 1070. The minimum Gasteiger partial charge on any atom is -0.454 e. The molecule has 2 aromatic heterocycles. The maximum absolute atomic E-state index is 12.7. The van der Waals surface area contributed by atoms with Crippen molar-refractivity contribution in [1.82, 2.24) is 20.2 Å². The second-order valence-electron chi connectivity index (χ2n) is 6.47. The number of aromatic amines is 1. The summed E-state index contributed by atoms with van der Waals surface area (Å²) in [6.45, 7) is 3.82. The first-order chi connectivity index (χ1) is 13.6. The molecule has 1 aliphatic heterocycles. The van der Waals surface area contributed by atoms with Gasteiger partial charge in [-0.25, -0.2) is 0 Å². The normalized spacial score (nSPS) is 12.2. The Morgan fingerprint density at radius 3 is 2.86 bits per heavy atom. The quantitative estimate of drug-likeness (QED) is 0.642. The van der Waals surface area contributed by atoms with Crippen LogP contribution >= 0.6 is 12.2 Å². The summed E-state index contributed by atoms with van der Waals surface area (Å²) in [5, 5.41) is 4.64. The Morgan fingerprint density at radius 2 is 2.11 bits per heavy atom. The molecule has 4 rings (SSSR count). The highest BCUT2D eigenvalue weighted by molar-refractivity contribution is 7.80. The zero-order chi connectivity index (χ0) is 19.5. The van der Waals surface area contributed by atoms with E-state index >= 15 is 0 Å². The molecular formula is C20H20N4O3S. The highest BCUT2D eigenvalue weighted by Crippen LogP contribution is 2.35. The van der Waals surface area contributed by atoms with Crippen molar-refractivity contribution in [3.8, 4) is 11.5 Å². The third-order valence-corrected chi connectivity index (χ3v) is 4.89. The molecule has 7 nitrogen and oxygen atoms in total. The van der Waals surface area contributed by atoms with Gasteiger partial charge < -0.3 is 24.7 Å². The smallest absolute Gasteiger partial charge is 0.253 e. The summed E-state index contributed by atoms with van der Waals surface area (Å²) in [6.07, 6.45) is 3.53. The predicted molar refractivity (Wildman–Crippen MR) is 110 cm³/mol. The van der Waals surface area contributed by atoms with Crippen molar-refractivity contribution in [2.24, 2.45) is 0 Å². The van der Waals surface area contributed by atoms with Gasteiger partial charge in [-0.1, -0.05) is 6.07 Å². The predicted octanol–water partition coefficient (Wildman–Crippen LogP) is 2.55. The van der Waals surface area contributed by atoms with Gasteiger partial charge in [-0.15, -0.1) is 0 Å². The number of pyridine rings is 2. The van der Waals surface area contributed by atoms with Gasteiger partial charge in [-0.05, 0) is 42.9 Å². The van der Waals surface area contributed by atoms with Crippen molar-refractivity contribution in [1.29, 1.82) is 0 Å². The molecule has 1 aliphatic rings. The van der Waals surface area contributed by atoms with Crippen molar-refractivity contribution in [2.75, 3.05) is 13.3 Å². The van der Waals surface area contributed by atoms with Crippen LogP contribution in [0.25, 0.3) is 10.9 Å². The SMILES string of the molecule is CCNC(=S)N(Cc1cccnc1)Cc1cc2cc3c(cc2[nH]c1=O)OCO3. The first kappa shape index (κ1) is 18.2. The maximum Gasteiger partial charge on any atom is 0.253 e. The van der Waals surface area contributed by atoms with Gasteiger partial charge in [0.1, 0.15) is 0 Å². The van der Waals surface area contributed by atoms with Gasteiger partial charge in [0, 0.05) is 42.5 Å². The van der Waals surface area contributed by atoms with E-state index < -0.39 is 0 Å². The molecule has 0 saturated carbocycles. The van der Waals surface area contributed by atoms with E-state index in [0.717, 1.165) is 10.9 Å². The van der Waals surface area contributed by atoms with Crippen LogP contribution in [0.15, 0.2) is 47.5 Å². The number of fused-ring (bicyclic) bond motifs is 2. The molecule has 0 saturated heterocycles. The molecule has 3 heterocycles. The molecule has 144 valence electrons. The largest absolute Gasteiger partial charge is 0.454 e. The second kappa shape index (κ2) is 7.85. The molecule has 0 spiro atoms. The van der Waals surface area contributed by atoms with Gasteiger partial charge in [0.15, 0.2) is 16.6 Å². The Labute approximate surface area is 167 Å². The van der Waals surface area contributed by atoms with E-state index in [9.17, 15) is 4.79 Å². The van der Waals surface area contributed by atoms with E-state index in [1.54, 1.807) is 18.5 Å². The van der Waals surface area contributed by atoms with Crippen LogP contribution in [0.2, 0.25) is 0 Å². The summed E-state index contributed by atoms with van der Waals surface area (Å²) < 4.78 is 10.8. The highest BCUT2D eigenvalue weighted by Gasteiger charge is 2.17. The topological polar surface area (TPSA) is 79.5 Å². The number of benzene rings is 1. The van der Waals surface area contributed by atoms with Crippen LogP contribution < -0.4 is 20.3 Å². The van der Waals surface area contributed by atoms with E-state index in [4.69, 9.17) is 21.7 Å². The van der Waals surface area contributed by atoms with Gasteiger partial charge in [0.05, 0.1) is 12.1 Å².